The lowest BCUT2D eigenvalue weighted by Crippen LogP contribution is -2.30. The largest absolute Gasteiger partial charge is 0.297 e. The van der Waals surface area contributed by atoms with Crippen molar-refractivity contribution in [1.29, 1.82) is 0 Å². The number of hydrogen-bond donors (Lipinski definition) is 0. The molecule has 40 heavy (non-hydrogen) atoms. The van der Waals surface area contributed by atoms with Gasteiger partial charge in [-0.05, 0) is 60.7 Å². The molecule has 3 aromatic heterocycles. The van der Waals surface area contributed by atoms with Gasteiger partial charge in [-0.15, -0.1) is 0 Å². The minimum Gasteiger partial charge on any atom is -0.297 e. The highest BCUT2D eigenvalue weighted by molar-refractivity contribution is 5.94. The number of rotatable bonds is 5. The highest BCUT2D eigenvalue weighted by atomic mass is 15.2. The molecule has 0 spiro atoms. The minimum absolute atomic E-state index is 0.252. The molecule has 0 saturated carbocycles. The van der Waals surface area contributed by atoms with Crippen LogP contribution in [-0.4, -0.2) is 19.1 Å². The maximum Gasteiger partial charge on any atom is 0.164 e. The second-order valence-corrected chi connectivity index (χ2v) is 9.84. The van der Waals surface area contributed by atoms with Crippen LogP contribution in [0.1, 0.15) is 37.4 Å². The van der Waals surface area contributed by atoms with E-state index in [1.807, 2.05) is 74.5 Å². The van der Waals surface area contributed by atoms with E-state index < -0.39 is 0 Å². The lowest BCUT2D eigenvalue weighted by atomic mass is 10.2. The van der Waals surface area contributed by atoms with E-state index in [0.29, 0.717) is 0 Å². The summed E-state index contributed by atoms with van der Waals surface area (Å²) >= 11 is 0. The topological polar surface area (TPSA) is 60.4 Å². The SMILES string of the molecule is C=C/C=c1\c(=C/C)c2nc3c(C=C)c(/C=C\C)n(C4C=c5ccccc5=N4)c3nc2n1C1C=c2ccccc2=N1. The highest BCUT2D eigenvalue weighted by Crippen LogP contribution is 2.32. The van der Waals surface area contributed by atoms with Crippen molar-refractivity contribution >= 4 is 58.8 Å². The van der Waals surface area contributed by atoms with Gasteiger partial charge in [-0.25, -0.2) is 9.97 Å². The predicted molar refractivity (Wildman–Crippen MR) is 163 cm³/mol. The molecule has 6 nitrogen and oxygen atoms in total. The van der Waals surface area contributed by atoms with Crippen LogP contribution in [0, 0.1) is 0 Å². The van der Waals surface area contributed by atoms with Crippen LogP contribution in [0.5, 0.6) is 0 Å². The van der Waals surface area contributed by atoms with Crippen molar-refractivity contribution < 1.29 is 0 Å². The van der Waals surface area contributed by atoms with Gasteiger partial charge < -0.3 is 0 Å². The van der Waals surface area contributed by atoms with E-state index >= 15 is 0 Å². The third-order valence-electron chi connectivity index (χ3n) is 7.59. The summed E-state index contributed by atoms with van der Waals surface area (Å²) in [6.07, 6.45) is 15.8. The normalized spacial score (nSPS) is 18.4. The zero-order valence-electron chi connectivity index (χ0n) is 22.5. The van der Waals surface area contributed by atoms with Crippen molar-refractivity contribution in [2.75, 3.05) is 0 Å². The summed E-state index contributed by atoms with van der Waals surface area (Å²) in [4.78, 5) is 20.7. The molecule has 0 saturated heterocycles. The Balaban J connectivity index is 1.62. The maximum atomic E-state index is 5.36. The van der Waals surface area contributed by atoms with E-state index in [1.54, 1.807) is 0 Å². The molecule has 2 aliphatic rings. The number of aromatic nitrogens is 4. The summed E-state index contributed by atoms with van der Waals surface area (Å²) in [5.74, 6) is 0. The van der Waals surface area contributed by atoms with Crippen LogP contribution in [0.4, 0.5) is 0 Å². The van der Waals surface area contributed by atoms with Gasteiger partial charge in [0.2, 0.25) is 0 Å². The molecule has 0 N–H and O–H groups in total. The molecule has 5 heterocycles. The van der Waals surface area contributed by atoms with Crippen LogP contribution < -0.4 is 31.7 Å². The molecule has 0 aliphatic carbocycles. The molecule has 2 aliphatic heterocycles. The molecule has 6 heteroatoms. The van der Waals surface area contributed by atoms with Crippen LogP contribution in [0.15, 0.2) is 83.8 Å². The number of fused-ring (bicyclic) bond motifs is 4. The van der Waals surface area contributed by atoms with Crippen molar-refractivity contribution in [2.45, 2.75) is 26.2 Å². The van der Waals surface area contributed by atoms with Crippen molar-refractivity contribution in [2.24, 2.45) is 9.98 Å². The minimum atomic E-state index is -0.254. The molecule has 7 rings (SSSR count). The van der Waals surface area contributed by atoms with Crippen LogP contribution >= 0.6 is 0 Å². The molecule has 2 aromatic carbocycles. The average molecular weight is 521 g/mol. The lowest BCUT2D eigenvalue weighted by molar-refractivity contribution is 0.655. The van der Waals surface area contributed by atoms with Crippen molar-refractivity contribution in [3.8, 4) is 0 Å². The van der Waals surface area contributed by atoms with E-state index in [0.717, 1.165) is 65.3 Å². The van der Waals surface area contributed by atoms with Crippen LogP contribution in [0.3, 0.4) is 0 Å². The van der Waals surface area contributed by atoms with E-state index in [1.165, 1.54) is 0 Å². The number of nitrogens with zero attached hydrogens (tertiary/aromatic N) is 6. The van der Waals surface area contributed by atoms with Crippen LogP contribution in [0.25, 0.3) is 58.8 Å². The number of benzene rings is 2. The number of hydrogen-bond acceptors (Lipinski definition) is 4. The van der Waals surface area contributed by atoms with Gasteiger partial charge in [-0.2, -0.15) is 0 Å². The Morgan fingerprint density at radius 2 is 1.40 bits per heavy atom. The quantitative estimate of drug-likeness (QED) is 0.358. The smallest absolute Gasteiger partial charge is 0.164 e. The first-order valence-electron chi connectivity index (χ1n) is 13.5. The summed E-state index contributed by atoms with van der Waals surface area (Å²) in [6, 6.07) is 16.4. The van der Waals surface area contributed by atoms with Gasteiger partial charge >= 0.3 is 0 Å². The summed E-state index contributed by atoms with van der Waals surface area (Å²) in [6.45, 7) is 12.2. The fourth-order valence-electron chi connectivity index (χ4n) is 5.91. The predicted octanol–water partition coefficient (Wildman–Crippen LogP) is 3.05. The number of para-hydroxylation sites is 2. The Labute approximate surface area is 230 Å². The number of allylic oxidation sites excluding steroid dienone is 2. The fourth-order valence-corrected chi connectivity index (χ4v) is 5.91. The van der Waals surface area contributed by atoms with Gasteiger partial charge in [0.1, 0.15) is 23.4 Å². The van der Waals surface area contributed by atoms with Gasteiger partial charge in [0, 0.05) is 10.8 Å². The Bertz CT molecular complexity index is 2230. The summed E-state index contributed by atoms with van der Waals surface area (Å²) in [5, 5.41) is 6.15. The first kappa shape index (κ1) is 24.0. The zero-order chi connectivity index (χ0) is 27.4. The average Bonchev–Trinajstić information content (AvgIpc) is 3.71. The first-order valence-corrected chi connectivity index (χ1v) is 13.5. The van der Waals surface area contributed by atoms with E-state index in [4.69, 9.17) is 20.0 Å². The second kappa shape index (κ2) is 9.27. The van der Waals surface area contributed by atoms with E-state index in [9.17, 15) is 0 Å². The van der Waals surface area contributed by atoms with Gasteiger partial charge in [-0.3, -0.25) is 19.1 Å². The van der Waals surface area contributed by atoms with Gasteiger partial charge in [0.05, 0.1) is 21.8 Å². The first-order chi connectivity index (χ1) is 19.7. The van der Waals surface area contributed by atoms with Crippen LogP contribution in [-0.2, 0) is 0 Å². The summed E-state index contributed by atoms with van der Waals surface area (Å²) < 4.78 is 4.34. The highest BCUT2D eigenvalue weighted by Gasteiger charge is 2.26. The fraction of sp³-hybridized carbons (Fsp3) is 0.118. The third-order valence-corrected chi connectivity index (χ3v) is 7.59. The Morgan fingerprint density at radius 3 is 1.98 bits per heavy atom. The zero-order valence-corrected chi connectivity index (χ0v) is 22.5. The molecule has 0 amide bonds. The Hall–Kier alpha value is -5.10. The molecule has 0 radical (unpaired) electrons. The lowest BCUT2D eigenvalue weighted by Gasteiger charge is -2.13. The summed E-state index contributed by atoms with van der Waals surface area (Å²) in [5.41, 5.74) is 5.07. The second-order valence-electron chi connectivity index (χ2n) is 9.84. The summed E-state index contributed by atoms with van der Waals surface area (Å²) in [7, 11) is 0. The third kappa shape index (κ3) is 3.42. The standard InChI is InChI=1S/C34H28N6/c1-5-13-27-23(7-3)31-33(39(27)29-19-21-15-9-11-17-25(21)35-29)38-34-32(37-31)24(8-4)28(14-6-2)40(34)30-20-22-16-10-12-18-26(22)36-30/h5-20,29-30H,1,4H2,2-3H3/b14-6-,23-7+,27-13+. The maximum absolute atomic E-state index is 5.36. The molecule has 5 aromatic rings. The van der Waals surface area contributed by atoms with E-state index in [2.05, 4.69) is 58.7 Å². The molecule has 2 atom stereocenters. The van der Waals surface area contributed by atoms with Gasteiger partial charge in [0.15, 0.2) is 11.3 Å². The Morgan fingerprint density at radius 1 is 0.775 bits per heavy atom. The molecular weight excluding hydrogens is 492 g/mol. The molecule has 0 fully saturated rings. The monoisotopic (exact) mass is 520 g/mol. The van der Waals surface area contributed by atoms with E-state index in [-0.39, 0.29) is 12.3 Å². The molecule has 194 valence electrons. The Kier molecular flexibility index (Phi) is 5.56. The molecule has 2 unspecified atom stereocenters. The van der Waals surface area contributed by atoms with Crippen LogP contribution in [0.2, 0.25) is 0 Å². The van der Waals surface area contributed by atoms with Crippen molar-refractivity contribution in [3.05, 3.63) is 117 Å². The van der Waals surface area contributed by atoms with Crippen molar-refractivity contribution in [3.63, 3.8) is 0 Å². The van der Waals surface area contributed by atoms with Crippen molar-refractivity contribution in [1.82, 2.24) is 19.1 Å². The molecule has 0 bridgehead atoms. The van der Waals surface area contributed by atoms with Gasteiger partial charge in [0.25, 0.3) is 0 Å². The van der Waals surface area contributed by atoms with Gasteiger partial charge in [-0.1, -0.05) is 73.9 Å². The molecular formula is C34H28N6.